The van der Waals surface area contributed by atoms with E-state index in [9.17, 15) is 9.18 Å². The summed E-state index contributed by atoms with van der Waals surface area (Å²) in [5, 5.41) is 15.9. The highest BCUT2D eigenvalue weighted by Crippen LogP contribution is 2.29. The minimum absolute atomic E-state index is 0.0616. The lowest BCUT2D eigenvalue weighted by Crippen LogP contribution is -2.19. The summed E-state index contributed by atoms with van der Waals surface area (Å²) in [6.07, 6.45) is 2.76. The minimum Gasteiger partial charge on any atom is -0.435 e. The number of amides is 2. The molecule has 0 saturated carbocycles. The van der Waals surface area contributed by atoms with Crippen LogP contribution in [0.3, 0.4) is 0 Å². The van der Waals surface area contributed by atoms with Gasteiger partial charge in [0.15, 0.2) is 23.0 Å². The Morgan fingerprint density at radius 3 is 2.77 bits per heavy atom. The number of ether oxygens (including phenoxy) is 1. The molecule has 0 unspecified atom stereocenters. The van der Waals surface area contributed by atoms with Crippen LogP contribution in [0.25, 0.3) is 11.0 Å². The first-order valence-electron chi connectivity index (χ1n) is 8.96. The zero-order valence-electron chi connectivity index (χ0n) is 16.4. The summed E-state index contributed by atoms with van der Waals surface area (Å²) in [4.78, 5) is 20.1. The summed E-state index contributed by atoms with van der Waals surface area (Å²) >= 11 is 0. The van der Waals surface area contributed by atoms with E-state index in [2.05, 4.69) is 36.0 Å². The molecular weight excluding hydrogens is 393 g/mol. The summed E-state index contributed by atoms with van der Waals surface area (Å²) in [6.45, 7) is 5.88. The summed E-state index contributed by atoms with van der Waals surface area (Å²) in [6, 6.07) is 5.05. The second kappa shape index (κ2) is 7.43. The van der Waals surface area contributed by atoms with Crippen LogP contribution in [0.1, 0.15) is 26.5 Å². The highest BCUT2D eigenvalue weighted by Gasteiger charge is 2.20. The molecule has 3 N–H and O–H groups in total. The molecule has 30 heavy (non-hydrogen) atoms. The topological polar surface area (TPSA) is 131 Å². The predicted molar refractivity (Wildman–Crippen MR) is 106 cm³/mol. The maximum atomic E-state index is 14.5. The Morgan fingerprint density at radius 1 is 1.20 bits per heavy atom. The number of fused-ring (bicyclic) bond motifs is 1. The van der Waals surface area contributed by atoms with Crippen molar-refractivity contribution in [1.29, 1.82) is 0 Å². The number of hydrogen-bond acceptors (Lipinski definition) is 7. The Morgan fingerprint density at radius 2 is 2.03 bits per heavy atom. The normalized spacial score (nSPS) is 11.5. The molecule has 0 radical (unpaired) electrons. The molecule has 0 aliphatic rings. The second-order valence-corrected chi connectivity index (χ2v) is 7.46. The molecule has 0 aliphatic heterocycles. The number of halogens is 1. The van der Waals surface area contributed by atoms with Crippen LogP contribution in [0.2, 0.25) is 0 Å². The molecule has 154 valence electrons. The van der Waals surface area contributed by atoms with E-state index in [1.807, 2.05) is 20.8 Å². The van der Waals surface area contributed by atoms with Crippen molar-refractivity contribution in [2.24, 2.45) is 0 Å². The Bertz CT molecular complexity index is 1210. The number of nitrogens with one attached hydrogen (secondary N) is 3. The molecule has 0 atom stereocenters. The Hall–Kier alpha value is -4.02. The van der Waals surface area contributed by atoms with E-state index in [1.54, 1.807) is 6.07 Å². The van der Waals surface area contributed by atoms with E-state index in [0.717, 1.165) is 6.07 Å². The molecule has 10 nitrogen and oxygen atoms in total. The number of carbonyl (C=O) groups excluding carboxylic acids is 1. The fourth-order valence-corrected chi connectivity index (χ4v) is 2.56. The van der Waals surface area contributed by atoms with Crippen molar-refractivity contribution in [2.45, 2.75) is 26.2 Å². The molecular formula is C19H18FN7O3. The molecule has 2 amide bonds. The van der Waals surface area contributed by atoms with Crippen molar-refractivity contribution >= 4 is 28.6 Å². The van der Waals surface area contributed by atoms with Crippen molar-refractivity contribution in [3.63, 3.8) is 0 Å². The Balaban J connectivity index is 1.43. The lowest BCUT2D eigenvalue weighted by atomic mass is 9.93. The molecule has 3 aromatic heterocycles. The maximum absolute atomic E-state index is 14.5. The smallest absolute Gasteiger partial charge is 0.324 e. The summed E-state index contributed by atoms with van der Waals surface area (Å²) in [5.74, 6) is 0.298. The third-order valence-electron chi connectivity index (χ3n) is 4.10. The molecule has 0 fully saturated rings. The maximum Gasteiger partial charge on any atom is 0.324 e. The van der Waals surface area contributed by atoms with Crippen molar-refractivity contribution in [3.8, 4) is 11.6 Å². The lowest BCUT2D eigenvalue weighted by Gasteiger charge is -2.12. The summed E-state index contributed by atoms with van der Waals surface area (Å²) in [7, 11) is 0. The number of aromatic amines is 1. The van der Waals surface area contributed by atoms with Crippen LogP contribution in [0.15, 0.2) is 41.3 Å². The van der Waals surface area contributed by atoms with Gasteiger partial charge in [0.2, 0.25) is 5.88 Å². The Kier molecular flexibility index (Phi) is 4.78. The van der Waals surface area contributed by atoms with Gasteiger partial charge in [0.25, 0.3) is 0 Å². The lowest BCUT2D eigenvalue weighted by molar-refractivity contribution is 0.262. The van der Waals surface area contributed by atoms with E-state index in [-0.39, 0.29) is 28.5 Å². The summed E-state index contributed by atoms with van der Waals surface area (Å²) < 4.78 is 25.2. The SMILES string of the molecule is CC(C)(C)c1cc(NC(=O)Nc2ccc(Oc3ncnc4[nH]ncc34)c(F)c2)no1. The van der Waals surface area contributed by atoms with E-state index >= 15 is 0 Å². The summed E-state index contributed by atoms with van der Waals surface area (Å²) in [5.41, 5.74) is 0.458. The number of benzene rings is 1. The standard InChI is InChI=1S/C19H18FN7O3/c1-19(2,3)14-7-15(27-30-14)25-18(28)24-10-4-5-13(12(20)6-10)29-17-11-8-23-26-16(11)21-9-22-17/h4-9H,1-3H3,(H,21,22,23,26)(H2,24,25,27,28). The fourth-order valence-electron chi connectivity index (χ4n) is 2.56. The predicted octanol–water partition coefficient (Wildman–Crippen LogP) is 4.21. The number of hydrogen-bond donors (Lipinski definition) is 3. The van der Waals surface area contributed by atoms with E-state index in [4.69, 9.17) is 9.26 Å². The van der Waals surface area contributed by atoms with Gasteiger partial charge in [-0.25, -0.2) is 19.2 Å². The first kappa shape index (κ1) is 19.3. The largest absolute Gasteiger partial charge is 0.435 e. The quantitative estimate of drug-likeness (QED) is 0.458. The van der Waals surface area contributed by atoms with Crippen LogP contribution < -0.4 is 15.4 Å². The zero-order chi connectivity index (χ0) is 21.3. The Labute approximate surface area is 169 Å². The zero-order valence-corrected chi connectivity index (χ0v) is 16.4. The third-order valence-corrected chi connectivity index (χ3v) is 4.10. The van der Waals surface area contributed by atoms with Gasteiger partial charge in [0.1, 0.15) is 17.5 Å². The average Bonchev–Trinajstić information content (AvgIpc) is 3.33. The molecule has 3 heterocycles. The number of aromatic nitrogens is 5. The van der Waals surface area contributed by atoms with E-state index in [1.165, 1.54) is 24.7 Å². The van der Waals surface area contributed by atoms with Crippen molar-refractivity contribution in [3.05, 3.63) is 48.4 Å². The van der Waals surface area contributed by atoms with Crippen LogP contribution in [-0.4, -0.2) is 31.4 Å². The molecule has 4 rings (SSSR count). The number of carbonyl (C=O) groups is 1. The number of rotatable bonds is 4. The molecule has 1 aromatic carbocycles. The van der Waals surface area contributed by atoms with E-state index in [0.29, 0.717) is 16.8 Å². The molecule has 0 aliphatic carbocycles. The molecule has 0 bridgehead atoms. The minimum atomic E-state index is -0.681. The number of anilines is 2. The van der Waals surface area contributed by atoms with Crippen LogP contribution >= 0.6 is 0 Å². The number of H-pyrrole nitrogens is 1. The first-order valence-corrected chi connectivity index (χ1v) is 8.96. The van der Waals surface area contributed by atoms with Crippen molar-refractivity contribution in [2.75, 3.05) is 10.6 Å². The highest BCUT2D eigenvalue weighted by atomic mass is 19.1. The van der Waals surface area contributed by atoms with Crippen LogP contribution in [0.5, 0.6) is 11.6 Å². The number of urea groups is 1. The molecule has 0 saturated heterocycles. The number of nitrogens with zero attached hydrogens (tertiary/aromatic N) is 4. The van der Waals surface area contributed by atoms with Crippen LogP contribution in [-0.2, 0) is 5.41 Å². The highest BCUT2D eigenvalue weighted by molar-refractivity contribution is 5.99. The average molecular weight is 411 g/mol. The third kappa shape index (κ3) is 4.04. The molecule has 0 spiro atoms. The van der Waals surface area contributed by atoms with Gasteiger partial charge >= 0.3 is 6.03 Å². The first-order chi connectivity index (χ1) is 14.3. The van der Waals surface area contributed by atoms with Gasteiger partial charge in [-0.3, -0.25) is 10.4 Å². The monoisotopic (exact) mass is 411 g/mol. The fraction of sp³-hybridized carbons (Fsp3) is 0.211. The molecule has 4 aromatic rings. The van der Waals surface area contributed by atoms with Gasteiger partial charge in [0.05, 0.1) is 6.20 Å². The van der Waals surface area contributed by atoms with Crippen molar-refractivity contribution in [1.82, 2.24) is 25.3 Å². The van der Waals surface area contributed by atoms with Gasteiger partial charge in [-0.05, 0) is 12.1 Å². The van der Waals surface area contributed by atoms with Crippen molar-refractivity contribution < 1.29 is 18.4 Å². The van der Waals surface area contributed by atoms with Gasteiger partial charge in [0, 0.05) is 23.2 Å². The second-order valence-electron chi connectivity index (χ2n) is 7.46. The van der Waals surface area contributed by atoms with Crippen LogP contribution in [0.4, 0.5) is 20.7 Å². The van der Waals surface area contributed by atoms with Gasteiger partial charge in [-0.15, -0.1) is 0 Å². The van der Waals surface area contributed by atoms with E-state index < -0.39 is 11.8 Å². The van der Waals surface area contributed by atoms with Gasteiger partial charge in [-0.1, -0.05) is 25.9 Å². The van der Waals surface area contributed by atoms with Crippen LogP contribution in [0, 0.1) is 5.82 Å². The van der Waals surface area contributed by atoms with Gasteiger partial charge < -0.3 is 14.6 Å². The molecule has 11 heteroatoms. The van der Waals surface area contributed by atoms with Gasteiger partial charge in [-0.2, -0.15) is 5.10 Å².